The quantitative estimate of drug-likeness (QED) is 0.739. The smallest absolute Gasteiger partial charge is 0.312 e. The van der Waals surface area contributed by atoms with Crippen molar-refractivity contribution in [3.8, 4) is 0 Å². The predicted molar refractivity (Wildman–Crippen MR) is 107 cm³/mol. The van der Waals surface area contributed by atoms with Gasteiger partial charge in [0.2, 0.25) is 0 Å². The van der Waals surface area contributed by atoms with Crippen LogP contribution in [0.3, 0.4) is 0 Å². The van der Waals surface area contributed by atoms with Gasteiger partial charge in [-0.15, -0.1) is 0 Å². The highest BCUT2D eigenvalue weighted by Crippen LogP contribution is 2.25. The molecule has 1 saturated carbocycles. The highest BCUT2D eigenvalue weighted by Gasteiger charge is 2.37. The summed E-state index contributed by atoms with van der Waals surface area (Å²) in [5.74, 6) is -0.904. The highest BCUT2D eigenvalue weighted by molar-refractivity contribution is 6.35. The fourth-order valence-electron chi connectivity index (χ4n) is 4.50. The van der Waals surface area contributed by atoms with Crippen molar-refractivity contribution < 1.29 is 19.1 Å². The van der Waals surface area contributed by atoms with Crippen LogP contribution in [0.2, 0.25) is 0 Å². The first kappa shape index (κ1) is 19.9. The Bertz CT molecular complexity index is 752. The van der Waals surface area contributed by atoms with Crippen LogP contribution in [0.4, 0.5) is 0 Å². The molecule has 3 fully saturated rings. The molecule has 1 aromatic carbocycles. The molecule has 4 rings (SSSR count). The summed E-state index contributed by atoms with van der Waals surface area (Å²) >= 11 is 0. The maximum Gasteiger partial charge on any atom is 0.312 e. The maximum absolute atomic E-state index is 12.5. The molecule has 2 heterocycles. The Balaban J connectivity index is 1.29. The normalized spacial score (nSPS) is 23.1. The lowest BCUT2D eigenvalue weighted by molar-refractivity contribution is -0.158. The summed E-state index contributed by atoms with van der Waals surface area (Å²) in [6, 6.07) is 7.47. The molecule has 0 spiro atoms. The van der Waals surface area contributed by atoms with Crippen LogP contribution in [0, 0.1) is 0 Å². The van der Waals surface area contributed by atoms with Gasteiger partial charge in [-0.25, -0.2) is 0 Å². The number of carbonyl (C=O) groups is 3. The number of rotatable bonds is 6. The Morgan fingerprint density at radius 2 is 1.76 bits per heavy atom. The SMILES string of the molecule is O=C(NCC1CCCO1)c1ccc(CN2CCN(C3CCCC3)C(=O)C2=O)cc1. The number of hydrogen-bond donors (Lipinski definition) is 1. The van der Waals surface area contributed by atoms with E-state index in [1.165, 1.54) is 0 Å². The Morgan fingerprint density at radius 3 is 2.45 bits per heavy atom. The molecule has 1 aliphatic carbocycles. The molecule has 29 heavy (non-hydrogen) atoms. The van der Waals surface area contributed by atoms with Crippen molar-refractivity contribution in [3.63, 3.8) is 0 Å². The highest BCUT2D eigenvalue weighted by atomic mass is 16.5. The van der Waals surface area contributed by atoms with E-state index >= 15 is 0 Å². The molecule has 2 aliphatic heterocycles. The zero-order valence-corrected chi connectivity index (χ0v) is 16.8. The summed E-state index contributed by atoms with van der Waals surface area (Å²) < 4.78 is 5.52. The van der Waals surface area contributed by atoms with Crippen LogP contribution in [0.1, 0.15) is 54.4 Å². The van der Waals surface area contributed by atoms with Crippen LogP contribution in [0.15, 0.2) is 24.3 Å². The summed E-state index contributed by atoms with van der Waals surface area (Å²) in [4.78, 5) is 40.7. The molecule has 1 unspecified atom stereocenters. The average Bonchev–Trinajstić information content (AvgIpc) is 3.44. The summed E-state index contributed by atoms with van der Waals surface area (Å²) in [7, 11) is 0. The second-order valence-corrected chi connectivity index (χ2v) is 8.21. The molecule has 0 radical (unpaired) electrons. The molecule has 3 amide bonds. The van der Waals surface area contributed by atoms with Crippen molar-refractivity contribution in [2.24, 2.45) is 0 Å². The summed E-state index contributed by atoms with van der Waals surface area (Å²) in [6.45, 7) is 2.86. The molecular weight excluding hydrogens is 370 g/mol. The van der Waals surface area contributed by atoms with Crippen LogP contribution >= 0.6 is 0 Å². The maximum atomic E-state index is 12.5. The summed E-state index contributed by atoms with van der Waals surface area (Å²) in [6.07, 6.45) is 6.44. The van der Waals surface area contributed by atoms with Gasteiger partial charge in [-0.05, 0) is 43.4 Å². The Hall–Kier alpha value is -2.41. The predicted octanol–water partition coefficient (Wildman–Crippen LogP) is 1.71. The van der Waals surface area contributed by atoms with Gasteiger partial charge in [0.25, 0.3) is 5.91 Å². The molecule has 0 aromatic heterocycles. The number of amides is 3. The minimum Gasteiger partial charge on any atom is -0.376 e. The Labute approximate surface area is 171 Å². The van der Waals surface area contributed by atoms with Crippen LogP contribution < -0.4 is 5.32 Å². The van der Waals surface area contributed by atoms with Crippen molar-refractivity contribution in [2.45, 2.75) is 57.2 Å². The van der Waals surface area contributed by atoms with Gasteiger partial charge in [-0.2, -0.15) is 0 Å². The van der Waals surface area contributed by atoms with Crippen LogP contribution in [-0.4, -0.2) is 65.9 Å². The van der Waals surface area contributed by atoms with Crippen LogP contribution in [0.25, 0.3) is 0 Å². The summed E-state index contributed by atoms with van der Waals surface area (Å²) in [5, 5.41) is 2.91. The second-order valence-electron chi connectivity index (χ2n) is 8.21. The lowest BCUT2D eigenvalue weighted by Crippen LogP contribution is -2.56. The molecule has 156 valence electrons. The van der Waals surface area contributed by atoms with E-state index in [-0.39, 0.29) is 24.0 Å². The third-order valence-electron chi connectivity index (χ3n) is 6.21. The van der Waals surface area contributed by atoms with Gasteiger partial charge >= 0.3 is 11.8 Å². The number of nitrogens with zero attached hydrogens (tertiary/aromatic N) is 2. The Kier molecular flexibility index (Phi) is 6.13. The van der Waals surface area contributed by atoms with Crippen molar-refractivity contribution in [1.29, 1.82) is 0 Å². The largest absolute Gasteiger partial charge is 0.376 e. The van der Waals surface area contributed by atoms with Gasteiger partial charge < -0.3 is 19.9 Å². The first-order valence-corrected chi connectivity index (χ1v) is 10.7. The van der Waals surface area contributed by atoms with Crippen molar-refractivity contribution in [2.75, 3.05) is 26.2 Å². The number of ether oxygens (including phenoxy) is 1. The average molecular weight is 399 g/mol. The fourth-order valence-corrected chi connectivity index (χ4v) is 4.50. The number of nitrogens with one attached hydrogen (secondary N) is 1. The standard InChI is InChI=1S/C22H29N3O4/c26-20(23-14-19-6-3-13-29-19)17-9-7-16(8-10-17)15-24-11-12-25(22(28)21(24)27)18-4-1-2-5-18/h7-10,18-19H,1-6,11-15H2,(H,23,26). The van der Waals surface area contributed by atoms with E-state index in [4.69, 9.17) is 4.74 Å². The topological polar surface area (TPSA) is 79.0 Å². The second kappa shape index (κ2) is 8.95. The van der Waals surface area contributed by atoms with Gasteiger partial charge in [0, 0.05) is 44.4 Å². The molecule has 3 aliphatic rings. The monoisotopic (exact) mass is 399 g/mol. The van der Waals surface area contributed by atoms with Gasteiger partial charge in [0.1, 0.15) is 0 Å². The van der Waals surface area contributed by atoms with Crippen molar-refractivity contribution >= 4 is 17.7 Å². The number of benzene rings is 1. The number of carbonyl (C=O) groups excluding carboxylic acids is 3. The van der Waals surface area contributed by atoms with Gasteiger partial charge in [0.15, 0.2) is 0 Å². The van der Waals surface area contributed by atoms with Gasteiger partial charge in [0.05, 0.1) is 6.10 Å². The van der Waals surface area contributed by atoms with E-state index in [1.54, 1.807) is 21.9 Å². The first-order valence-electron chi connectivity index (χ1n) is 10.7. The minimum atomic E-state index is -0.415. The summed E-state index contributed by atoms with van der Waals surface area (Å²) in [5.41, 5.74) is 1.50. The number of hydrogen-bond acceptors (Lipinski definition) is 4. The molecule has 1 aromatic rings. The van der Waals surface area contributed by atoms with Gasteiger partial charge in [-0.1, -0.05) is 25.0 Å². The van der Waals surface area contributed by atoms with E-state index in [2.05, 4.69) is 5.32 Å². The molecule has 1 N–H and O–H groups in total. The van der Waals surface area contributed by atoms with E-state index < -0.39 is 5.91 Å². The van der Waals surface area contributed by atoms with E-state index in [1.807, 2.05) is 12.1 Å². The van der Waals surface area contributed by atoms with Crippen LogP contribution in [0.5, 0.6) is 0 Å². The molecule has 7 heteroatoms. The van der Waals surface area contributed by atoms with Crippen LogP contribution in [-0.2, 0) is 20.9 Å². The molecule has 1 atom stereocenters. The lowest BCUT2D eigenvalue weighted by atomic mass is 10.1. The zero-order chi connectivity index (χ0) is 20.2. The van der Waals surface area contributed by atoms with Crippen molar-refractivity contribution in [3.05, 3.63) is 35.4 Å². The van der Waals surface area contributed by atoms with E-state index in [9.17, 15) is 14.4 Å². The lowest BCUT2D eigenvalue weighted by Gasteiger charge is -2.37. The van der Waals surface area contributed by atoms with E-state index in [0.717, 1.165) is 50.7 Å². The van der Waals surface area contributed by atoms with Gasteiger partial charge in [-0.3, -0.25) is 14.4 Å². The molecule has 0 bridgehead atoms. The molecule has 7 nitrogen and oxygen atoms in total. The van der Waals surface area contributed by atoms with Crippen molar-refractivity contribution in [1.82, 2.24) is 15.1 Å². The fraction of sp³-hybridized carbons (Fsp3) is 0.591. The van der Waals surface area contributed by atoms with E-state index in [0.29, 0.717) is 31.7 Å². The molecule has 2 saturated heterocycles. The Morgan fingerprint density at radius 1 is 1.00 bits per heavy atom. The first-order chi connectivity index (χ1) is 14.1. The zero-order valence-electron chi connectivity index (χ0n) is 16.8. The minimum absolute atomic E-state index is 0.115. The molecular formula is C22H29N3O4. The third-order valence-corrected chi connectivity index (χ3v) is 6.21. The number of piperazine rings is 1. The third kappa shape index (κ3) is 4.61.